The number of aliphatic hydroxyl groups is 2. The summed E-state index contributed by atoms with van der Waals surface area (Å²) < 4.78 is 18.1. The van der Waals surface area contributed by atoms with E-state index in [0.717, 1.165) is 29.4 Å². The molecule has 0 aromatic carbocycles. The van der Waals surface area contributed by atoms with Gasteiger partial charge in [0, 0.05) is 0 Å². The molecule has 2 aliphatic rings. The Morgan fingerprint density at radius 3 is 2.65 bits per heavy atom. The van der Waals surface area contributed by atoms with Gasteiger partial charge in [-0.15, -0.1) is 0 Å². The minimum atomic E-state index is -1.36. The Hall–Kier alpha value is 0.469. The Morgan fingerprint density at radius 1 is 1.30 bits per heavy atom. The third kappa shape index (κ3) is 3.12. The molecule has 0 radical (unpaired) electrons. The van der Waals surface area contributed by atoms with Crippen molar-refractivity contribution in [2.24, 2.45) is 0 Å². The van der Waals surface area contributed by atoms with Crippen LogP contribution in [0.2, 0.25) is 0 Å². The molecule has 2 bridgehead atoms. The number of unbranched alkanes of at least 4 members (excludes halogenated alkanes) is 2. The van der Waals surface area contributed by atoms with Crippen LogP contribution in [-0.4, -0.2) is 72.8 Å². The van der Waals surface area contributed by atoms with E-state index in [0.29, 0.717) is 35.1 Å². The van der Waals surface area contributed by atoms with Crippen LogP contribution in [0, 0.1) is 0 Å². The summed E-state index contributed by atoms with van der Waals surface area (Å²) in [6.45, 7) is 4.72. The van der Waals surface area contributed by atoms with Crippen LogP contribution in [-0.2, 0) is 14.2 Å². The van der Waals surface area contributed by atoms with E-state index in [9.17, 15) is 10.2 Å². The average Bonchev–Trinajstić information content (AvgIpc) is 2.79. The molecular weight excluding hydrogens is 367 g/mol. The second kappa shape index (κ2) is 7.15. The van der Waals surface area contributed by atoms with Gasteiger partial charge in [0.2, 0.25) is 0 Å². The van der Waals surface area contributed by atoms with Crippen molar-refractivity contribution in [1.82, 2.24) is 0 Å². The third-order valence-corrected chi connectivity index (χ3v) is 5.74. The number of fused-ring (bicyclic) bond motifs is 2. The standard InChI is InChI=1S/C14H24O5.Sn.2H/c1-3-5-7-14(16)12(15)11(17-8-6-4-2)10-9-18-13(14)19-10;;;/h10-13,15-16H,3-8H2,1-2H3;;;/t10-,11-,12+,13-,14-;;;/m1.../s1. The zero-order chi connectivity index (χ0) is 14.8. The summed E-state index contributed by atoms with van der Waals surface area (Å²) in [6, 6.07) is 0. The predicted octanol–water partition coefficient (Wildman–Crippen LogP) is -0.0280. The Labute approximate surface area is 133 Å². The molecular formula is C14H26O5Sn. The van der Waals surface area contributed by atoms with E-state index in [-0.39, 0.29) is 6.10 Å². The summed E-state index contributed by atoms with van der Waals surface area (Å²) in [4.78, 5) is 0. The molecule has 2 fully saturated rings. The molecule has 116 valence electrons. The van der Waals surface area contributed by atoms with Gasteiger partial charge >= 0.3 is 133 Å². The van der Waals surface area contributed by atoms with Gasteiger partial charge in [-0.05, 0) is 0 Å². The average molecular weight is 393 g/mol. The Kier molecular flexibility index (Phi) is 6.02. The molecule has 2 heterocycles. The molecule has 0 saturated carbocycles. The van der Waals surface area contributed by atoms with Gasteiger partial charge in [0.25, 0.3) is 0 Å². The van der Waals surface area contributed by atoms with Gasteiger partial charge in [0.05, 0.1) is 0 Å². The van der Waals surface area contributed by atoms with E-state index in [1.807, 2.05) is 0 Å². The SMILES string of the molecule is CCCCO[C@@H]1[C@@H]2O[C@@H](O[C]2=[SnH2])[C@@](O)(CCCC)[C@H]1O. The first-order valence-corrected chi connectivity index (χ1v) is 9.59. The second-order valence-corrected chi connectivity index (χ2v) is 7.69. The monoisotopic (exact) mass is 394 g/mol. The van der Waals surface area contributed by atoms with Crippen molar-refractivity contribution in [3.05, 3.63) is 0 Å². The van der Waals surface area contributed by atoms with Gasteiger partial charge < -0.3 is 0 Å². The number of hydrogen-bond donors (Lipinski definition) is 2. The van der Waals surface area contributed by atoms with Gasteiger partial charge in [0.15, 0.2) is 0 Å². The maximum absolute atomic E-state index is 10.8. The van der Waals surface area contributed by atoms with E-state index in [1.54, 1.807) is 0 Å². The van der Waals surface area contributed by atoms with Crippen molar-refractivity contribution in [3.63, 3.8) is 0 Å². The zero-order valence-corrected chi connectivity index (χ0v) is 16.4. The summed E-state index contributed by atoms with van der Waals surface area (Å²) >= 11 is 0.467. The number of rotatable bonds is 7. The molecule has 0 aromatic heterocycles. The van der Waals surface area contributed by atoms with E-state index in [1.165, 1.54) is 0 Å². The molecule has 2 saturated heterocycles. The molecule has 2 aliphatic heterocycles. The Morgan fingerprint density at radius 2 is 2.00 bits per heavy atom. The van der Waals surface area contributed by atoms with Gasteiger partial charge in [-0.3, -0.25) is 0 Å². The minimum absolute atomic E-state index is 0.305. The van der Waals surface area contributed by atoms with Crippen LogP contribution >= 0.6 is 0 Å². The van der Waals surface area contributed by atoms with E-state index in [4.69, 9.17) is 14.2 Å². The number of ether oxygens (including phenoxy) is 3. The van der Waals surface area contributed by atoms with Crippen molar-refractivity contribution >= 4 is 25.8 Å². The van der Waals surface area contributed by atoms with Crippen LogP contribution in [0.1, 0.15) is 46.0 Å². The molecule has 0 aliphatic carbocycles. The van der Waals surface area contributed by atoms with Crippen LogP contribution < -0.4 is 0 Å². The molecule has 20 heavy (non-hydrogen) atoms. The molecule has 0 amide bonds. The van der Waals surface area contributed by atoms with Crippen molar-refractivity contribution in [2.45, 2.75) is 76.2 Å². The molecule has 0 aromatic rings. The first-order valence-electron chi connectivity index (χ1n) is 7.57. The first kappa shape index (κ1) is 16.8. The molecule has 2 rings (SSSR count). The van der Waals surface area contributed by atoms with E-state index >= 15 is 0 Å². The summed E-state index contributed by atoms with van der Waals surface area (Å²) in [7, 11) is 0. The Bertz CT molecular complexity index is 350. The quantitative estimate of drug-likeness (QED) is 0.470. The number of aliphatic hydroxyl groups excluding tert-OH is 1. The van der Waals surface area contributed by atoms with Gasteiger partial charge in [-0.25, -0.2) is 0 Å². The summed E-state index contributed by atoms with van der Waals surface area (Å²) in [5, 5.41) is 21.4. The van der Waals surface area contributed by atoms with Gasteiger partial charge in [-0.2, -0.15) is 0 Å². The fraction of sp³-hybridized carbons (Fsp3) is 0.929. The maximum atomic E-state index is 10.8. The summed E-state index contributed by atoms with van der Waals surface area (Å²) in [5.41, 5.74) is -1.36. The molecule has 2 N–H and O–H groups in total. The third-order valence-electron chi connectivity index (χ3n) is 4.11. The zero-order valence-electron chi connectivity index (χ0n) is 12.4. The fourth-order valence-electron chi connectivity index (χ4n) is 2.78. The van der Waals surface area contributed by atoms with Crippen molar-refractivity contribution in [3.8, 4) is 0 Å². The van der Waals surface area contributed by atoms with Gasteiger partial charge in [0.1, 0.15) is 0 Å². The molecule has 0 unspecified atom stereocenters. The molecule has 0 spiro atoms. The summed E-state index contributed by atoms with van der Waals surface area (Å²) in [6.07, 6.45) is 1.71. The van der Waals surface area contributed by atoms with Crippen LogP contribution in [0.5, 0.6) is 0 Å². The van der Waals surface area contributed by atoms with E-state index < -0.39 is 24.1 Å². The predicted molar refractivity (Wildman–Crippen MR) is 78.4 cm³/mol. The van der Waals surface area contributed by atoms with E-state index in [2.05, 4.69) is 13.8 Å². The van der Waals surface area contributed by atoms with Crippen LogP contribution in [0.25, 0.3) is 0 Å². The normalized spacial score (nSPS) is 40.3. The Balaban J connectivity index is 2.12. The van der Waals surface area contributed by atoms with Crippen LogP contribution in [0.4, 0.5) is 0 Å². The molecule has 5 atom stereocenters. The second-order valence-electron chi connectivity index (χ2n) is 5.70. The van der Waals surface area contributed by atoms with Gasteiger partial charge in [-0.1, -0.05) is 0 Å². The van der Waals surface area contributed by atoms with Crippen LogP contribution in [0.3, 0.4) is 0 Å². The fourth-order valence-corrected chi connectivity index (χ4v) is 4.15. The van der Waals surface area contributed by atoms with Crippen molar-refractivity contribution < 1.29 is 24.4 Å². The van der Waals surface area contributed by atoms with Crippen LogP contribution in [0.15, 0.2) is 0 Å². The van der Waals surface area contributed by atoms with Crippen molar-refractivity contribution in [1.29, 1.82) is 0 Å². The molecule has 6 heteroatoms. The van der Waals surface area contributed by atoms with Crippen molar-refractivity contribution in [2.75, 3.05) is 6.61 Å². The first-order chi connectivity index (χ1) is 9.54. The molecule has 5 nitrogen and oxygen atoms in total. The number of hydrogen-bond acceptors (Lipinski definition) is 5. The topological polar surface area (TPSA) is 68.2 Å². The summed E-state index contributed by atoms with van der Waals surface area (Å²) in [5.74, 6) is 0.